The monoisotopic (exact) mass is 452 g/mol. The molecule has 0 spiro atoms. The lowest BCUT2D eigenvalue weighted by Crippen LogP contribution is -2.16. The lowest BCUT2D eigenvalue weighted by atomic mass is 9.99. The molecule has 0 fully saturated rings. The number of aromatic nitrogens is 1. The highest BCUT2D eigenvalue weighted by Gasteiger charge is 2.20. The number of para-hydroxylation sites is 1. The maximum Gasteiger partial charge on any atom is 0.308 e. The third-order valence-corrected chi connectivity index (χ3v) is 7.59. The summed E-state index contributed by atoms with van der Waals surface area (Å²) in [5.74, 6) is 0.178. The molecule has 3 aromatic carbocycles. The molecule has 0 aliphatic heterocycles. The molecule has 1 aromatic heterocycles. The van der Waals surface area contributed by atoms with Gasteiger partial charge in [-0.3, -0.25) is 14.1 Å². The number of hydrogen-bond acceptors (Lipinski definition) is 4. The second-order valence-corrected chi connectivity index (χ2v) is 10.5. The number of thiazole rings is 1. The zero-order valence-corrected chi connectivity index (χ0v) is 19.3. The van der Waals surface area contributed by atoms with Gasteiger partial charge in [0.05, 0.1) is 27.3 Å². The van der Waals surface area contributed by atoms with Crippen molar-refractivity contribution in [2.75, 3.05) is 4.72 Å². The number of nitrogens with one attached hydrogen (secondary N) is 1. The van der Waals surface area contributed by atoms with E-state index in [9.17, 15) is 13.2 Å². The predicted octanol–water partition coefficient (Wildman–Crippen LogP) is 5.34. The second kappa shape index (κ2) is 8.32. The number of rotatable bonds is 6. The smallest absolute Gasteiger partial charge is 0.294 e. The molecule has 0 aliphatic carbocycles. The van der Waals surface area contributed by atoms with Crippen LogP contribution in [0.15, 0.2) is 76.4 Å². The van der Waals surface area contributed by atoms with Crippen LogP contribution in [0.2, 0.25) is 0 Å². The van der Waals surface area contributed by atoms with E-state index >= 15 is 0 Å². The van der Waals surface area contributed by atoms with E-state index in [1.807, 2.05) is 69.3 Å². The van der Waals surface area contributed by atoms with Gasteiger partial charge in [0.25, 0.3) is 10.0 Å². The Bertz CT molecular complexity index is 1400. The second-order valence-electron chi connectivity index (χ2n) is 7.87. The predicted molar refractivity (Wildman–Crippen MR) is 128 cm³/mol. The highest BCUT2D eigenvalue weighted by atomic mass is 32.2. The van der Waals surface area contributed by atoms with Gasteiger partial charge >= 0.3 is 4.87 Å². The fourth-order valence-corrected chi connectivity index (χ4v) is 5.82. The van der Waals surface area contributed by atoms with Gasteiger partial charge in [-0.1, -0.05) is 73.7 Å². The molecule has 160 valence electrons. The molecule has 1 N–H and O–H groups in total. The van der Waals surface area contributed by atoms with E-state index in [1.54, 1.807) is 22.8 Å². The van der Waals surface area contributed by atoms with Gasteiger partial charge in [0.15, 0.2) is 0 Å². The quantitative estimate of drug-likeness (QED) is 0.429. The van der Waals surface area contributed by atoms with Crippen LogP contribution in [0, 0.1) is 6.92 Å². The Labute approximate surface area is 186 Å². The maximum absolute atomic E-state index is 13.2. The first-order chi connectivity index (χ1) is 14.8. The summed E-state index contributed by atoms with van der Waals surface area (Å²) in [6.45, 7) is 6.41. The normalized spacial score (nSPS) is 11.9. The number of benzene rings is 3. The van der Waals surface area contributed by atoms with Crippen LogP contribution in [0.1, 0.15) is 36.5 Å². The summed E-state index contributed by atoms with van der Waals surface area (Å²) < 4.78 is 31.4. The molecule has 0 bridgehead atoms. The van der Waals surface area contributed by atoms with Crippen LogP contribution in [0.3, 0.4) is 0 Å². The summed E-state index contributed by atoms with van der Waals surface area (Å²) in [5, 5.41) is 0. The van der Waals surface area contributed by atoms with Crippen molar-refractivity contribution in [3.8, 4) is 0 Å². The lowest BCUT2D eigenvalue weighted by molar-refractivity contribution is 0.601. The Kier molecular flexibility index (Phi) is 5.73. The summed E-state index contributed by atoms with van der Waals surface area (Å²) in [7, 11) is -3.80. The first kappa shape index (κ1) is 21.3. The van der Waals surface area contributed by atoms with Gasteiger partial charge in [-0.05, 0) is 47.7 Å². The Morgan fingerprint density at radius 3 is 2.45 bits per heavy atom. The average molecular weight is 453 g/mol. The van der Waals surface area contributed by atoms with Crippen molar-refractivity contribution < 1.29 is 8.42 Å². The highest BCUT2D eigenvalue weighted by molar-refractivity contribution is 7.92. The van der Waals surface area contributed by atoms with E-state index in [0.29, 0.717) is 16.9 Å². The number of sulfonamides is 1. The minimum atomic E-state index is -3.80. The van der Waals surface area contributed by atoms with Crippen molar-refractivity contribution in [3.05, 3.63) is 93.1 Å². The van der Waals surface area contributed by atoms with Crippen LogP contribution in [0.4, 0.5) is 5.69 Å². The van der Waals surface area contributed by atoms with Crippen LogP contribution < -0.4 is 9.60 Å². The van der Waals surface area contributed by atoms with Crippen molar-refractivity contribution >= 4 is 37.3 Å². The molecule has 1 heterocycles. The molecule has 4 rings (SSSR count). The van der Waals surface area contributed by atoms with E-state index in [-0.39, 0.29) is 15.7 Å². The van der Waals surface area contributed by atoms with Crippen molar-refractivity contribution in [1.29, 1.82) is 0 Å². The first-order valence-electron chi connectivity index (χ1n) is 10.1. The Balaban J connectivity index is 1.72. The topological polar surface area (TPSA) is 68.2 Å². The number of fused-ring (bicyclic) bond motifs is 1. The minimum absolute atomic E-state index is 0.109. The van der Waals surface area contributed by atoms with Crippen molar-refractivity contribution in [2.24, 2.45) is 0 Å². The number of nitrogens with zero attached hydrogens (tertiary/aromatic N) is 1. The standard InChI is InChI=1S/C24H24N2O3S2/c1-16(2)20-11-7-8-17(3)23(20)25-31(28,29)19-12-13-21-22(14-19)30-24(27)26(21)15-18-9-5-4-6-10-18/h4-14,16,25H,15H2,1-3H3. The third kappa shape index (κ3) is 4.29. The summed E-state index contributed by atoms with van der Waals surface area (Å²) in [6, 6.07) is 20.3. The molecule has 31 heavy (non-hydrogen) atoms. The molecule has 0 unspecified atom stereocenters. The van der Waals surface area contributed by atoms with Crippen LogP contribution in [0.5, 0.6) is 0 Å². The van der Waals surface area contributed by atoms with Gasteiger partial charge in [-0.2, -0.15) is 0 Å². The molecule has 0 amide bonds. The van der Waals surface area contributed by atoms with Crippen LogP contribution >= 0.6 is 11.3 Å². The molecule has 5 nitrogen and oxygen atoms in total. The van der Waals surface area contributed by atoms with Gasteiger partial charge < -0.3 is 0 Å². The Morgan fingerprint density at radius 2 is 1.74 bits per heavy atom. The Hall–Kier alpha value is -2.90. The average Bonchev–Trinajstić information content (AvgIpc) is 3.04. The molecule has 0 saturated carbocycles. The summed E-state index contributed by atoms with van der Waals surface area (Å²) in [6.07, 6.45) is 0. The van der Waals surface area contributed by atoms with Gasteiger partial charge in [-0.15, -0.1) is 0 Å². The van der Waals surface area contributed by atoms with Gasteiger partial charge in [-0.25, -0.2) is 8.42 Å². The first-order valence-corrected chi connectivity index (χ1v) is 12.4. The lowest BCUT2D eigenvalue weighted by Gasteiger charge is -2.17. The molecule has 0 radical (unpaired) electrons. The Morgan fingerprint density at radius 1 is 1.00 bits per heavy atom. The van der Waals surface area contributed by atoms with Crippen LogP contribution in [-0.2, 0) is 16.6 Å². The maximum atomic E-state index is 13.2. The van der Waals surface area contributed by atoms with Crippen molar-refractivity contribution in [3.63, 3.8) is 0 Å². The SMILES string of the molecule is Cc1cccc(C(C)C)c1NS(=O)(=O)c1ccc2c(c1)sc(=O)n2Cc1ccccc1. The van der Waals surface area contributed by atoms with Gasteiger partial charge in [0, 0.05) is 0 Å². The van der Waals surface area contributed by atoms with Crippen LogP contribution in [-0.4, -0.2) is 13.0 Å². The third-order valence-electron chi connectivity index (χ3n) is 5.30. The van der Waals surface area contributed by atoms with E-state index < -0.39 is 10.0 Å². The molecule has 0 atom stereocenters. The minimum Gasteiger partial charge on any atom is -0.294 e. The zero-order chi connectivity index (χ0) is 22.2. The van der Waals surface area contributed by atoms with Gasteiger partial charge in [0.2, 0.25) is 0 Å². The summed E-state index contributed by atoms with van der Waals surface area (Å²) in [4.78, 5) is 12.6. The van der Waals surface area contributed by atoms with E-state index in [2.05, 4.69) is 4.72 Å². The fraction of sp³-hybridized carbons (Fsp3) is 0.208. The highest BCUT2D eigenvalue weighted by Crippen LogP contribution is 2.30. The summed E-state index contributed by atoms with van der Waals surface area (Å²) in [5.41, 5.74) is 4.19. The van der Waals surface area contributed by atoms with E-state index in [4.69, 9.17) is 0 Å². The van der Waals surface area contributed by atoms with Crippen molar-refractivity contribution in [1.82, 2.24) is 4.57 Å². The van der Waals surface area contributed by atoms with E-state index in [1.165, 1.54) is 0 Å². The van der Waals surface area contributed by atoms with E-state index in [0.717, 1.165) is 33.5 Å². The largest absolute Gasteiger partial charge is 0.308 e. The summed E-state index contributed by atoms with van der Waals surface area (Å²) >= 11 is 1.06. The van der Waals surface area contributed by atoms with Crippen molar-refractivity contribution in [2.45, 2.75) is 38.1 Å². The molecule has 0 saturated heterocycles. The molecule has 4 aromatic rings. The molecule has 7 heteroatoms. The number of hydrogen-bond donors (Lipinski definition) is 1. The fourth-order valence-electron chi connectivity index (χ4n) is 3.63. The number of aryl methyl sites for hydroxylation is 1. The number of anilines is 1. The zero-order valence-electron chi connectivity index (χ0n) is 17.6. The van der Waals surface area contributed by atoms with Gasteiger partial charge in [0.1, 0.15) is 0 Å². The molecular formula is C24H24N2O3S2. The molecular weight excluding hydrogens is 428 g/mol. The molecule has 0 aliphatic rings. The van der Waals surface area contributed by atoms with Crippen LogP contribution in [0.25, 0.3) is 10.2 Å².